The first kappa shape index (κ1) is 19.3. The van der Waals surface area contributed by atoms with Crippen LogP contribution >= 0.6 is 0 Å². The summed E-state index contributed by atoms with van der Waals surface area (Å²) < 4.78 is 24.6. The molecular weight excluding hydrogens is 365 g/mol. The molecule has 0 aliphatic rings. The van der Waals surface area contributed by atoms with Gasteiger partial charge in [-0.3, -0.25) is 4.79 Å². The van der Waals surface area contributed by atoms with E-state index < -0.39 is 23.7 Å². The van der Waals surface area contributed by atoms with Crippen LogP contribution in [0.5, 0.6) is 0 Å². The molecule has 3 rings (SSSR count). The molecule has 0 saturated heterocycles. The fraction of sp³-hybridized carbons (Fsp3) is 0.143. The van der Waals surface area contributed by atoms with E-state index in [1.807, 2.05) is 30.3 Å². The van der Waals surface area contributed by atoms with Gasteiger partial charge < -0.3 is 19.6 Å². The molecule has 7 heteroatoms. The van der Waals surface area contributed by atoms with Gasteiger partial charge in [0.25, 0.3) is 5.91 Å². The molecule has 2 N–H and O–H groups in total. The lowest BCUT2D eigenvalue weighted by Crippen LogP contribution is -2.43. The van der Waals surface area contributed by atoms with Gasteiger partial charge in [-0.15, -0.1) is 0 Å². The second kappa shape index (κ2) is 8.96. The summed E-state index contributed by atoms with van der Waals surface area (Å²) in [6, 6.07) is 16.8. The Morgan fingerprint density at radius 2 is 1.75 bits per heavy atom. The fourth-order valence-corrected chi connectivity index (χ4v) is 2.54. The average molecular weight is 383 g/mol. The first-order valence-electron chi connectivity index (χ1n) is 8.54. The van der Waals surface area contributed by atoms with E-state index in [9.17, 15) is 19.1 Å². The molecule has 3 aromatic rings. The monoisotopic (exact) mass is 383 g/mol. The van der Waals surface area contributed by atoms with Gasteiger partial charge in [0.15, 0.2) is 11.8 Å². The summed E-state index contributed by atoms with van der Waals surface area (Å²) in [5.74, 6) is -2.38. The minimum absolute atomic E-state index is 0.118. The van der Waals surface area contributed by atoms with E-state index in [4.69, 9.17) is 9.15 Å². The van der Waals surface area contributed by atoms with Crippen LogP contribution < -0.4 is 5.32 Å². The van der Waals surface area contributed by atoms with Crippen LogP contribution in [0.1, 0.15) is 16.1 Å². The topological polar surface area (TPSA) is 88.8 Å². The zero-order valence-electron chi connectivity index (χ0n) is 14.8. The molecule has 0 saturated carbocycles. The summed E-state index contributed by atoms with van der Waals surface area (Å²) in [4.78, 5) is 23.7. The zero-order valence-corrected chi connectivity index (χ0v) is 14.8. The smallest absolute Gasteiger partial charge is 0.328 e. The number of carbonyl (C=O) groups excluding carboxylic acids is 1. The normalized spacial score (nSPS) is 11.8. The number of hydrogen-bond donors (Lipinski definition) is 2. The van der Waals surface area contributed by atoms with Gasteiger partial charge in [-0.2, -0.15) is 0 Å². The first-order chi connectivity index (χ1) is 13.5. The number of ether oxygens (including phenoxy) is 1. The predicted octanol–water partition coefficient (Wildman–Crippen LogP) is 3.49. The molecule has 0 fully saturated rings. The summed E-state index contributed by atoms with van der Waals surface area (Å²) >= 11 is 0. The largest absolute Gasteiger partial charge is 0.480 e. The van der Waals surface area contributed by atoms with Crippen LogP contribution in [0.15, 0.2) is 71.1 Å². The highest BCUT2D eigenvalue weighted by molar-refractivity contribution is 5.94. The number of carboxylic acids is 1. The van der Waals surface area contributed by atoms with Crippen molar-refractivity contribution in [1.82, 2.24) is 5.32 Å². The van der Waals surface area contributed by atoms with Gasteiger partial charge >= 0.3 is 5.97 Å². The van der Waals surface area contributed by atoms with Crippen molar-refractivity contribution in [3.8, 4) is 11.3 Å². The Bertz CT molecular complexity index is 954. The minimum atomic E-state index is -1.25. The highest BCUT2D eigenvalue weighted by Crippen LogP contribution is 2.24. The molecule has 1 aromatic heterocycles. The highest BCUT2D eigenvalue weighted by atomic mass is 19.1. The van der Waals surface area contributed by atoms with Crippen molar-refractivity contribution in [2.45, 2.75) is 12.6 Å². The lowest BCUT2D eigenvalue weighted by Gasteiger charge is -2.14. The number of rotatable bonds is 8. The van der Waals surface area contributed by atoms with Crippen LogP contribution in [0.2, 0.25) is 0 Å². The molecule has 0 bridgehead atoms. The van der Waals surface area contributed by atoms with E-state index in [0.29, 0.717) is 0 Å². The Morgan fingerprint density at radius 3 is 2.46 bits per heavy atom. The van der Waals surface area contributed by atoms with E-state index in [1.54, 1.807) is 12.1 Å². The van der Waals surface area contributed by atoms with Crippen molar-refractivity contribution >= 4 is 11.9 Å². The molecule has 1 unspecified atom stereocenters. The van der Waals surface area contributed by atoms with Crippen molar-refractivity contribution < 1.29 is 28.2 Å². The molecule has 0 spiro atoms. The van der Waals surface area contributed by atoms with E-state index in [-0.39, 0.29) is 30.3 Å². The van der Waals surface area contributed by atoms with Crippen molar-refractivity contribution in [1.29, 1.82) is 0 Å². The summed E-state index contributed by atoms with van der Waals surface area (Å²) in [7, 11) is 0. The number of benzene rings is 2. The van der Waals surface area contributed by atoms with Crippen molar-refractivity contribution in [2.24, 2.45) is 0 Å². The molecule has 6 nitrogen and oxygen atoms in total. The Kier molecular flexibility index (Phi) is 6.18. The van der Waals surface area contributed by atoms with Crippen LogP contribution in [0.3, 0.4) is 0 Å². The fourth-order valence-electron chi connectivity index (χ4n) is 2.54. The molecular formula is C21H18FNO5. The zero-order chi connectivity index (χ0) is 19.9. The van der Waals surface area contributed by atoms with Gasteiger partial charge in [-0.1, -0.05) is 42.5 Å². The predicted molar refractivity (Wildman–Crippen MR) is 99.1 cm³/mol. The van der Waals surface area contributed by atoms with E-state index in [1.165, 1.54) is 24.3 Å². The summed E-state index contributed by atoms with van der Waals surface area (Å²) in [5.41, 5.74) is 1.10. The Hall–Kier alpha value is -3.45. The second-order valence-electron chi connectivity index (χ2n) is 6.01. The Labute approximate surface area is 160 Å². The number of aliphatic carboxylic acids is 1. The maximum Gasteiger partial charge on any atom is 0.328 e. The standard InChI is InChI=1S/C21H18FNO5/c22-16-9-5-4-8-15(16)18-10-11-19(28-18)20(24)23-17(21(25)26)13-27-12-14-6-2-1-3-7-14/h1-11,17H,12-13H2,(H,23,24)(H,25,26). The van der Waals surface area contributed by atoms with Crippen molar-refractivity contribution in [2.75, 3.05) is 6.61 Å². The van der Waals surface area contributed by atoms with Crippen molar-refractivity contribution in [3.63, 3.8) is 0 Å². The van der Waals surface area contributed by atoms with Gasteiger partial charge in [0.05, 0.1) is 18.8 Å². The molecule has 0 aliphatic carbocycles. The number of amides is 1. The molecule has 1 atom stereocenters. The van der Waals surface area contributed by atoms with Crippen LogP contribution in [0, 0.1) is 5.82 Å². The van der Waals surface area contributed by atoms with E-state index >= 15 is 0 Å². The molecule has 0 radical (unpaired) electrons. The maximum atomic E-state index is 13.8. The molecule has 0 aliphatic heterocycles. The third kappa shape index (κ3) is 4.83. The summed E-state index contributed by atoms with van der Waals surface area (Å²) in [6.45, 7) is 0.00945. The van der Waals surface area contributed by atoms with Gasteiger partial charge in [-0.05, 0) is 29.8 Å². The van der Waals surface area contributed by atoms with Gasteiger partial charge in [-0.25, -0.2) is 9.18 Å². The quantitative estimate of drug-likeness (QED) is 0.622. The van der Waals surface area contributed by atoms with E-state index in [2.05, 4.69) is 5.32 Å². The maximum absolute atomic E-state index is 13.8. The van der Waals surface area contributed by atoms with Crippen LogP contribution in [0.4, 0.5) is 4.39 Å². The third-order valence-electron chi connectivity index (χ3n) is 3.97. The highest BCUT2D eigenvalue weighted by Gasteiger charge is 2.23. The minimum Gasteiger partial charge on any atom is -0.480 e. The molecule has 1 heterocycles. The lowest BCUT2D eigenvalue weighted by molar-refractivity contribution is -0.141. The molecule has 144 valence electrons. The SMILES string of the molecule is O=C(NC(COCc1ccccc1)C(=O)O)c1ccc(-c2ccccc2F)o1. The number of hydrogen-bond acceptors (Lipinski definition) is 4. The lowest BCUT2D eigenvalue weighted by atomic mass is 10.1. The number of carboxylic acid groups (broad SMARTS) is 1. The summed E-state index contributed by atoms with van der Waals surface area (Å²) in [5, 5.41) is 11.7. The second-order valence-corrected chi connectivity index (χ2v) is 6.01. The number of halogens is 1. The van der Waals surface area contributed by atoms with Crippen molar-refractivity contribution in [3.05, 3.63) is 83.9 Å². The number of nitrogens with one attached hydrogen (secondary N) is 1. The van der Waals surface area contributed by atoms with Crippen LogP contribution in [-0.4, -0.2) is 29.6 Å². The number of carbonyl (C=O) groups is 2. The Balaban J connectivity index is 1.61. The summed E-state index contributed by atoms with van der Waals surface area (Å²) in [6.07, 6.45) is 0. The van der Waals surface area contributed by atoms with Crippen LogP contribution in [-0.2, 0) is 16.1 Å². The number of furan rings is 1. The van der Waals surface area contributed by atoms with Gasteiger partial charge in [0.2, 0.25) is 0 Å². The molecule has 1 amide bonds. The molecule has 2 aromatic carbocycles. The molecule has 28 heavy (non-hydrogen) atoms. The van der Waals surface area contributed by atoms with Crippen LogP contribution in [0.25, 0.3) is 11.3 Å². The third-order valence-corrected chi connectivity index (χ3v) is 3.97. The van der Waals surface area contributed by atoms with Gasteiger partial charge in [0, 0.05) is 0 Å². The van der Waals surface area contributed by atoms with E-state index in [0.717, 1.165) is 5.56 Å². The Morgan fingerprint density at radius 1 is 1.04 bits per heavy atom. The first-order valence-corrected chi connectivity index (χ1v) is 8.54. The average Bonchev–Trinajstić information content (AvgIpc) is 3.18. The van der Waals surface area contributed by atoms with Gasteiger partial charge in [0.1, 0.15) is 11.6 Å².